The molecule has 0 aromatic rings. The molecule has 0 aliphatic heterocycles. The van der Waals surface area contributed by atoms with Gasteiger partial charge in [0.25, 0.3) is 0 Å². The molecule has 0 radical (unpaired) electrons. The maximum absolute atomic E-state index is 11.8. The van der Waals surface area contributed by atoms with Gasteiger partial charge in [0.2, 0.25) is 0 Å². The Hall–Kier alpha value is -0.843. The molecule has 0 atom stereocenters. The van der Waals surface area contributed by atoms with Crippen LogP contribution in [0.1, 0.15) is 20.8 Å². The molecule has 1 N–H and O–H groups in total. The zero-order valence-corrected chi connectivity index (χ0v) is 13.1. The van der Waals surface area contributed by atoms with Gasteiger partial charge in [0, 0.05) is 7.11 Å². The number of ketones is 1. The van der Waals surface area contributed by atoms with E-state index in [2.05, 4.69) is 5.92 Å². The van der Waals surface area contributed by atoms with Crippen LogP contribution in [0.15, 0.2) is 0 Å². The minimum atomic E-state index is -4.88. The van der Waals surface area contributed by atoms with E-state index in [9.17, 15) is 18.0 Å². The van der Waals surface area contributed by atoms with Gasteiger partial charge >= 0.3 is 12.0 Å². The van der Waals surface area contributed by atoms with Crippen molar-refractivity contribution >= 4 is 14.1 Å². The number of carbonyl (C=O) groups is 1. The second kappa shape index (κ2) is 7.67. The summed E-state index contributed by atoms with van der Waals surface area (Å²) >= 11 is 0. The Morgan fingerprint density at radius 1 is 1.21 bits per heavy atom. The van der Waals surface area contributed by atoms with Crippen LogP contribution in [0.25, 0.3) is 0 Å². The van der Waals surface area contributed by atoms with E-state index < -0.39 is 20.3 Å². The summed E-state index contributed by atoms with van der Waals surface area (Å²) in [4.78, 5) is 10.4. The molecule has 19 heavy (non-hydrogen) atoms. The standard InChI is InChI=1S/C11H17F3O2Si.CH4O/c1-10(2,3)17(4,5)16-8-6-7-9(15)11(12,13)14;1-2/h8H2,1-5H3;2H,1H3. The van der Waals surface area contributed by atoms with Crippen LogP contribution in [0.3, 0.4) is 0 Å². The lowest BCUT2D eigenvalue weighted by Gasteiger charge is -2.35. The molecule has 0 heterocycles. The second-order valence-electron chi connectivity index (χ2n) is 5.18. The molecule has 3 nitrogen and oxygen atoms in total. The van der Waals surface area contributed by atoms with E-state index in [0.29, 0.717) is 0 Å². The van der Waals surface area contributed by atoms with Crippen LogP contribution < -0.4 is 0 Å². The van der Waals surface area contributed by atoms with Crippen LogP contribution in [0.2, 0.25) is 18.1 Å². The summed E-state index contributed by atoms with van der Waals surface area (Å²) in [6.07, 6.45) is -4.88. The number of hydrogen-bond donors (Lipinski definition) is 1. The number of aliphatic hydroxyl groups is 1. The van der Waals surface area contributed by atoms with E-state index in [1.807, 2.05) is 33.9 Å². The number of halogens is 3. The minimum absolute atomic E-state index is 0.0390. The van der Waals surface area contributed by atoms with Crippen molar-refractivity contribution < 1.29 is 27.5 Å². The molecule has 0 unspecified atom stereocenters. The largest absolute Gasteiger partial charge is 0.462 e. The summed E-state index contributed by atoms with van der Waals surface area (Å²) in [5.41, 5.74) is 0. The fraction of sp³-hybridized carbons (Fsp3) is 0.750. The first-order chi connectivity index (χ1) is 8.38. The third kappa shape index (κ3) is 8.03. The van der Waals surface area contributed by atoms with Crippen LogP contribution in [0, 0.1) is 11.8 Å². The molecule has 0 aromatic carbocycles. The first kappa shape index (κ1) is 20.5. The molecule has 7 heteroatoms. The maximum atomic E-state index is 11.8. The van der Waals surface area contributed by atoms with Crippen molar-refractivity contribution in [1.82, 2.24) is 0 Å². The smallest absolute Gasteiger partial charge is 0.406 e. The Kier molecular flexibility index (Phi) is 8.27. The number of Topliss-reactive ketones (excluding diaryl/α,β-unsaturated/α-hetero) is 1. The molecule has 0 aromatic heterocycles. The molecular formula is C12H21F3O3Si. The van der Waals surface area contributed by atoms with Crippen molar-refractivity contribution in [2.45, 2.75) is 45.1 Å². The number of rotatable bonds is 2. The first-order valence-electron chi connectivity index (χ1n) is 5.56. The molecule has 0 saturated heterocycles. The van der Waals surface area contributed by atoms with Gasteiger partial charge in [-0.1, -0.05) is 26.7 Å². The van der Waals surface area contributed by atoms with Crippen molar-refractivity contribution in [3.63, 3.8) is 0 Å². The SMILES string of the molecule is CC(C)(C)[Si](C)(C)OCC#CC(=O)C(F)(F)F.CO. The summed E-state index contributed by atoms with van der Waals surface area (Å²) < 4.78 is 40.9. The van der Waals surface area contributed by atoms with E-state index >= 15 is 0 Å². The Bertz CT molecular complexity index is 346. The van der Waals surface area contributed by atoms with Crippen LogP contribution in [0.4, 0.5) is 13.2 Å². The third-order valence-corrected chi connectivity index (χ3v) is 7.25. The highest BCUT2D eigenvalue weighted by atomic mass is 28.4. The zero-order valence-electron chi connectivity index (χ0n) is 12.1. The topological polar surface area (TPSA) is 46.5 Å². The van der Waals surface area contributed by atoms with Crippen LogP contribution in [-0.4, -0.2) is 39.1 Å². The van der Waals surface area contributed by atoms with Gasteiger partial charge in [-0.2, -0.15) is 13.2 Å². The van der Waals surface area contributed by atoms with Crippen molar-refractivity contribution in [3.05, 3.63) is 0 Å². The molecule has 0 rings (SSSR count). The Morgan fingerprint density at radius 3 is 1.95 bits per heavy atom. The molecule has 0 fully saturated rings. The van der Waals surface area contributed by atoms with E-state index in [1.165, 1.54) is 5.92 Å². The summed E-state index contributed by atoms with van der Waals surface area (Å²) in [5, 5.41) is 6.96. The van der Waals surface area contributed by atoms with Crippen molar-refractivity contribution in [3.8, 4) is 11.8 Å². The molecular weight excluding hydrogens is 277 g/mol. The Labute approximate surface area is 113 Å². The highest BCUT2D eigenvalue weighted by Gasteiger charge is 2.38. The molecule has 0 bridgehead atoms. The quantitative estimate of drug-likeness (QED) is 0.484. The van der Waals surface area contributed by atoms with Gasteiger partial charge < -0.3 is 9.53 Å². The van der Waals surface area contributed by atoms with Gasteiger partial charge in [0.1, 0.15) is 0 Å². The number of alkyl halides is 3. The molecule has 0 aliphatic carbocycles. The number of hydrogen-bond acceptors (Lipinski definition) is 3. The summed E-state index contributed by atoms with van der Waals surface area (Å²) in [6, 6.07) is 0. The van der Waals surface area contributed by atoms with Crippen LogP contribution in [0.5, 0.6) is 0 Å². The predicted octanol–water partition coefficient (Wildman–Crippen LogP) is 2.75. The monoisotopic (exact) mass is 298 g/mol. The lowest BCUT2D eigenvalue weighted by atomic mass is 10.2. The van der Waals surface area contributed by atoms with Crippen LogP contribution >= 0.6 is 0 Å². The summed E-state index contributed by atoms with van der Waals surface area (Å²) in [7, 11) is -1.02. The molecule has 0 spiro atoms. The highest BCUT2D eigenvalue weighted by Crippen LogP contribution is 2.36. The number of carbonyl (C=O) groups excluding carboxylic acids is 1. The van der Waals surface area contributed by atoms with Gasteiger partial charge in [0.05, 0.1) is 6.61 Å². The summed E-state index contributed by atoms with van der Waals surface area (Å²) in [6.45, 7) is 9.80. The van der Waals surface area contributed by atoms with Crippen molar-refractivity contribution in [1.29, 1.82) is 0 Å². The maximum Gasteiger partial charge on any atom is 0.462 e. The lowest BCUT2D eigenvalue weighted by Crippen LogP contribution is -2.40. The average molecular weight is 298 g/mol. The predicted molar refractivity (Wildman–Crippen MR) is 70.1 cm³/mol. The number of aliphatic hydroxyl groups excluding tert-OH is 1. The fourth-order valence-corrected chi connectivity index (χ4v) is 1.49. The van der Waals surface area contributed by atoms with Gasteiger partial charge in [0.15, 0.2) is 8.32 Å². The van der Waals surface area contributed by atoms with Gasteiger partial charge in [-0.3, -0.25) is 4.79 Å². The van der Waals surface area contributed by atoms with E-state index in [0.717, 1.165) is 7.11 Å². The van der Waals surface area contributed by atoms with Gasteiger partial charge in [-0.15, -0.1) is 0 Å². The minimum Gasteiger partial charge on any atom is -0.406 e. The Balaban J connectivity index is 0. The molecule has 0 aliphatic rings. The zero-order chi connectivity index (χ0) is 15.9. The average Bonchev–Trinajstić information content (AvgIpc) is 2.24. The summed E-state index contributed by atoms with van der Waals surface area (Å²) in [5.74, 6) is 1.61. The first-order valence-corrected chi connectivity index (χ1v) is 8.47. The molecule has 0 amide bonds. The van der Waals surface area contributed by atoms with Gasteiger partial charge in [-0.25, -0.2) is 0 Å². The van der Waals surface area contributed by atoms with E-state index in [-0.39, 0.29) is 11.6 Å². The fourth-order valence-electron chi connectivity index (χ4n) is 0.620. The van der Waals surface area contributed by atoms with Crippen LogP contribution in [-0.2, 0) is 9.22 Å². The Morgan fingerprint density at radius 2 is 1.63 bits per heavy atom. The second-order valence-corrected chi connectivity index (χ2v) is 9.99. The van der Waals surface area contributed by atoms with Crippen molar-refractivity contribution in [2.75, 3.05) is 13.7 Å². The van der Waals surface area contributed by atoms with Gasteiger partial charge in [-0.05, 0) is 24.1 Å². The lowest BCUT2D eigenvalue weighted by molar-refractivity contribution is -0.164. The van der Waals surface area contributed by atoms with E-state index in [4.69, 9.17) is 9.53 Å². The molecule has 112 valence electrons. The van der Waals surface area contributed by atoms with E-state index in [1.54, 1.807) is 0 Å². The normalized spacial score (nSPS) is 11.9. The highest BCUT2D eigenvalue weighted by molar-refractivity contribution is 6.74. The third-order valence-electron chi connectivity index (χ3n) is 2.77. The van der Waals surface area contributed by atoms with Crippen molar-refractivity contribution in [2.24, 2.45) is 0 Å². The molecule has 0 saturated carbocycles.